The Hall–Kier alpha value is -2.03. The van der Waals surface area contributed by atoms with Crippen LogP contribution in [-0.2, 0) is 4.74 Å². The molecule has 0 radical (unpaired) electrons. The van der Waals surface area contributed by atoms with Crippen molar-refractivity contribution >= 4 is 31.3 Å². The second-order valence-corrected chi connectivity index (χ2v) is 8.04. The molecule has 0 saturated heterocycles. The molecule has 3 nitrogen and oxygen atoms in total. The van der Waals surface area contributed by atoms with E-state index in [0.29, 0.717) is 0 Å². The monoisotopic (exact) mass is 387 g/mol. The third kappa shape index (κ3) is 4.08. The normalized spacial score (nSPS) is 17.4. The Bertz CT molecular complexity index is 713. The average Bonchev–Trinajstić information content (AvgIpc) is 2.63. The van der Waals surface area contributed by atoms with Crippen LogP contribution in [-0.4, -0.2) is 27.1 Å². The second-order valence-electron chi connectivity index (χ2n) is 5.70. The zero-order chi connectivity index (χ0) is 16.8. The van der Waals surface area contributed by atoms with Gasteiger partial charge in [-0.1, -0.05) is 0 Å². The van der Waals surface area contributed by atoms with Crippen LogP contribution in [0.3, 0.4) is 0 Å². The molecule has 0 unspecified atom stereocenters. The van der Waals surface area contributed by atoms with Crippen molar-refractivity contribution in [2.75, 3.05) is 0 Å². The Balaban J connectivity index is 2.01. The van der Waals surface area contributed by atoms with Crippen molar-refractivity contribution in [2.24, 2.45) is 0 Å². The summed E-state index contributed by atoms with van der Waals surface area (Å²) >= 11 is 0.110. The van der Waals surface area contributed by atoms with Crippen molar-refractivity contribution in [2.45, 2.75) is 32.2 Å². The molecule has 124 valence electrons. The van der Waals surface area contributed by atoms with Crippen LogP contribution < -0.4 is 9.78 Å². The molecular weight excluding hydrogens is 365 g/mol. The summed E-state index contributed by atoms with van der Waals surface area (Å²) < 4.78 is 8.12. The van der Waals surface area contributed by atoms with Crippen LogP contribution in [0.5, 0.6) is 0 Å². The van der Waals surface area contributed by atoms with Gasteiger partial charge in [-0.15, -0.1) is 0 Å². The number of alkyl carbamates (subject to hydrolysis) is 1. The summed E-state index contributed by atoms with van der Waals surface area (Å²) in [6, 6.07) is 20.4. The molecule has 1 N–H and O–H groups in total. The third-order valence-electron chi connectivity index (χ3n) is 3.88. The van der Waals surface area contributed by atoms with Crippen LogP contribution in [0.15, 0.2) is 65.1 Å². The molecule has 0 aliphatic carbocycles. The first-order valence-corrected chi connectivity index (χ1v) is 10.00. The van der Waals surface area contributed by atoms with E-state index < -0.39 is 0 Å². The van der Waals surface area contributed by atoms with Gasteiger partial charge in [0.05, 0.1) is 0 Å². The van der Waals surface area contributed by atoms with Crippen LogP contribution in [0.25, 0.3) is 5.76 Å². The van der Waals surface area contributed by atoms with E-state index in [4.69, 9.17) is 4.74 Å². The molecule has 2 aromatic carbocycles. The van der Waals surface area contributed by atoms with Gasteiger partial charge < -0.3 is 0 Å². The fraction of sp³-hybridized carbons (Fsp3) is 0.250. The SMILES string of the molecule is CCCC[C@@H]1NC(=O)OC(c2ccccc2)=C1[Se]c1ccccc1. The number of ether oxygens (including phenoxy) is 1. The third-order valence-corrected chi connectivity index (χ3v) is 6.39. The molecular formula is C20H21NO2Se. The number of rotatable bonds is 6. The molecule has 0 fully saturated rings. The van der Waals surface area contributed by atoms with Crippen molar-refractivity contribution in [3.63, 3.8) is 0 Å². The minimum atomic E-state index is -0.345. The summed E-state index contributed by atoms with van der Waals surface area (Å²) in [5.74, 6) is 0.740. The number of amides is 1. The average molecular weight is 386 g/mol. The predicted molar refractivity (Wildman–Crippen MR) is 98.1 cm³/mol. The molecule has 2 aromatic rings. The summed E-state index contributed by atoms with van der Waals surface area (Å²) in [6.45, 7) is 2.17. The van der Waals surface area contributed by atoms with E-state index >= 15 is 0 Å². The number of hydrogen-bond donors (Lipinski definition) is 1. The molecule has 4 heteroatoms. The van der Waals surface area contributed by atoms with Crippen molar-refractivity contribution in [1.29, 1.82) is 0 Å². The van der Waals surface area contributed by atoms with Crippen LogP contribution in [0.1, 0.15) is 31.7 Å². The molecule has 1 aliphatic heterocycles. The topological polar surface area (TPSA) is 38.3 Å². The Morgan fingerprint density at radius 2 is 1.71 bits per heavy atom. The molecule has 1 heterocycles. The number of nitrogens with one attached hydrogen (secondary N) is 1. The van der Waals surface area contributed by atoms with Gasteiger partial charge in [0.25, 0.3) is 0 Å². The van der Waals surface area contributed by atoms with Gasteiger partial charge in [0.1, 0.15) is 0 Å². The van der Waals surface area contributed by atoms with Crippen molar-refractivity contribution in [1.82, 2.24) is 5.32 Å². The van der Waals surface area contributed by atoms with Crippen molar-refractivity contribution in [3.8, 4) is 0 Å². The molecule has 0 bridgehead atoms. The quantitative estimate of drug-likeness (QED) is 0.770. The first kappa shape index (κ1) is 16.8. The first-order valence-electron chi connectivity index (χ1n) is 8.28. The molecule has 1 amide bonds. The number of unbranched alkanes of at least 4 members (excludes halogenated alkanes) is 1. The number of cyclic esters (lactones) is 1. The maximum atomic E-state index is 12.1. The molecule has 3 rings (SSSR count). The Morgan fingerprint density at radius 3 is 2.38 bits per heavy atom. The minimum absolute atomic E-state index is 0.0570. The number of carbonyl (C=O) groups is 1. The van der Waals surface area contributed by atoms with Crippen LogP contribution >= 0.6 is 0 Å². The Morgan fingerprint density at radius 1 is 1.04 bits per heavy atom. The summed E-state index contributed by atoms with van der Waals surface area (Å²) in [4.78, 5) is 12.1. The first-order chi connectivity index (χ1) is 11.8. The zero-order valence-corrected chi connectivity index (χ0v) is 15.4. The van der Waals surface area contributed by atoms with Gasteiger partial charge in [-0.25, -0.2) is 0 Å². The van der Waals surface area contributed by atoms with E-state index in [1.807, 2.05) is 36.4 Å². The summed E-state index contributed by atoms with van der Waals surface area (Å²) in [5, 5.41) is 3.02. The van der Waals surface area contributed by atoms with Crippen LogP contribution in [0, 0.1) is 0 Å². The Kier molecular flexibility index (Phi) is 5.73. The molecule has 0 saturated carbocycles. The zero-order valence-electron chi connectivity index (χ0n) is 13.7. The van der Waals surface area contributed by atoms with Gasteiger partial charge in [-0.05, 0) is 0 Å². The van der Waals surface area contributed by atoms with Crippen molar-refractivity contribution in [3.05, 3.63) is 70.7 Å². The van der Waals surface area contributed by atoms with Gasteiger partial charge >= 0.3 is 149 Å². The van der Waals surface area contributed by atoms with Gasteiger partial charge in [-0.2, -0.15) is 0 Å². The predicted octanol–water partition coefficient (Wildman–Crippen LogP) is 3.68. The fourth-order valence-corrected chi connectivity index (χ4v) is 5.02. The number of benzene rings is 2. The molecule has 1 aliphatic rings. The summed E-state index contributed by atoms with van der Waals surface area (Å²) in [6.07, 6.45) is 2.80. The van der Waals surface area contributed by atoms with Gasteiger partial charge in [0, 0.05) is 0 Å². The maximum absolute atomic E-state index is 12.1. The van der Waals surface area contributed by atoms with Gasteiger partial charge in [-0.3, -0.25) is 0 Å². The standard InChI is InChI=1S/C20H21NO2Se/c1-2-3-14-17-19(24-16-12-8-5-9-13-16)18(23-20(22)21-17)15-10-6-4-7-11-15/h4-13,17H,2-3,14H2,1H3,(H,21,22)/t17-/m0/s1. The van der Waals surface area contributed by atoms with E-state index in [2.05, 4.69) is 36.5 Å². The van der Waals surface area contributed by atoms with Crippen LogP contribution in [0.2, 0.25) is 0 Å². The van der Waals surface area contributed by atoms with E-state index in [1.54, 1.807) is 0 Å². The number of hydrogen-bond acceptors (Lipinski definition) is 2. The van der Waals surface area contributed by atoms with E-state index in [0.717, 1.165) is 30.6 Å². The summed E-state index contributed by atoms with van der Waals surface area (Å²) in [5.41, 5.74) is 0.974. The molecule has 1 atom stereocenters. The second kappa shape index (κ2) is 8.18. The van der Waals surface area contributed by atoms with E-state index in [1.165, 1.54) is 8.93 Å². The molecule has 24 heavy (non-hydrogen) atoms. The molecule has 0 aromatic heterocycles. The number of carbonyl (C=O) groups excluding carboxylic acids is 1. The summed E-state index contributed by atoms with van der Waals surface area (Å²) in [7, 11) is 0. The van der Waals surface area contributed by atoms with E-state index in [-0.39, 0.29) is 27.1 Å². The van der Waals surface area contributed by atoms with Crippen molar-refractivity contribution < 1.29 is 9.53 Å². The fourth-order valence-electron chi connectivity index (χ4n) is 2.67. The van der Waals surface area contributed by atoms with Crippen LogP contribution in [0.4, 0.5) is 4.79 Å². The molecule has 0 spiro atoms. The Labute approximate surface area is 149 Å². The van der Waals surface area contributed by atoms with Gasteiger partial charge in [0.2, 0.25) is 0 Å². The van der Waals surface area contributed by atoms with Gasteiger partial charge in [0.15, 0.2) is 0 Å². The van der Waals surface area contributed by atoms with E-state index in [9.17, 15) is 4.79 Å².